The molecule has 0 aliphatic rings. The van der Waals surface area contributed by atoms with Crippen LogP contribution in [0.2, 0.25) is 0 Å². The van der Waals surface area contributed by atoms with E-state index in [0.29, 0.717) is 45.0 Å². The number of carbonyl (C=O) groups is 1. The minimum atomic E-state index is -3.68. The third-order valence-electron chi connectivity index (χ3n) is 4.24. The van der Waals surface area contributed by atoms with E-state index in [1.807, 2.05) is 13.8 Å². The van der Waals surface area contributed by atoms with Crippen LogP contribution in [0, 0.1) is 6.92 Å². The van der Waals surface area contributed by atoms with Gasteiger partial charge in [-0.2, -0.15) is 0 Å². The predicted octanol–water partition coefficient (Wildman–Crippen LogP) is 3.36. The predicted molar refractivity (Wildman–Crippen MR) is 118 cm³/mol. The number of pyridine rings is 1. The molecule has 0 aliphatic heterocycles. The fourth-order valence-corrected chi connectivity index (χ4v) is 3.45. The highest BCUT2D eigenvalue weighted by Crippen LogP contribution is 2.17. The molecule has 0 bridgehead atoms. The number of benzene rings is 1. The summed E-state index contributed by atoms with van der Waals surface area (Å²) >= 11 is 0. The molecule has 8 nitrogen and oxygen atoms in total. The number of aromatic nitrogens is 1. The lowest BCUT2D eigenvalue weighted by Gasteiger charge is -2.09. The Kier molecular flexibility index (Phi) is 10.4. The van der Waals surface area contributed by atoms with Gasteiger partial charge in [-0.05, 0) is 37.6 Å². The molecular formula is C22H30N2O6S. The van der Waals surface area contributed by atoms with Crippen molar-refractivity contribution in [1.29, 1.82) is 0 Å². The van der Waals surface area contributed by atoms with Crippen LogP contribution >= 0.6 is 0 Å². The van der Waals surface area contributed by atoms with E-state index < -0.39 is 10.0 Å². The van der Waals surface area contributed by atoms with Crippen molar-refractivity contribution in [3.63, 3.8) is 0 Å². The van der Waals surface area contributed by atoms with E-state index >= 15 is 0 Å². The maximum absolute atomic E-state index is 12.4. The average molecular weight is 451 g/mol. The van der Waals surface area contributed by atoms with Gasteiger partial charge in [0.25, 0.3) is 10.0 Å². The molecule has 1 aromatic heterocycles. The van der Waals surface area contributed by atoms with Gasteiger partial charge in [0.05, 0.1) is 17.7 Å². The van der Waals surface area contributed by atoms with Gasteiger partial charge in [0.15, 0.2) is 5.78 Å². The molecule has 0 saturated carbocycles. The average Bonchev–Trinajstić information content (AvgIpc) is 2.76. The molecular weight excluding hydrogens is 420 g/mol. The maximum atomic E-state index is 12.4. The normalized spacial score (nSPS) is 11.3. The molecule has 31 heavy (non-hydrogen) atoms. The third-order valence-corrected chi connectivity index (χ3v) is 5.61. The lowest BCUT2D eigenvalue weighted by atomic mass is 10.2. The number of sulfonamides is 1. The summed E-state index contributed by atoms with van der Waals surface area (Å²) in [5, 5.41) is 0. The highest BCUT2D eigenvalue weighted by Gasteiger charge is 2.14. The highest BCUT2D eigenvalue weighted by molar-refractivity contribution is 7.92. The van der Waals surface area contributed by atoms with Gasteiger partial charge in [-0.25, -0.2) is 13.4 Å². The van der Waals surface area contributed by atoms with E-state index in [1.165, 1.54) is 6.20 Å². The van der Waals surface area contributed by atoms with Crippen LogP contribution in [0.25, 0.3) is 0 Å². The zero-order valence-electron chi connectivity index (χ0n) is 18.0. The van der Waals surface area contributed by atoms with E-state index in [4.69, 9.17) is 14.2 Å². The second-order valence-electron chi connectivity index (χ2n) is 6.91. The van der Waals surface area contributed by atoms with Crippen LogP contribution in [0.1, 0.15) is 31.7 Å². The zero-order chi connectivity index (χ0) is 22.5. The van der Waals surface area contributed by atoms with Crippen molar-refractivity contribution in [2.75, 3.05) is 37.8 Å². The van der Waals surface area contributed by atoms with Gasteiger partial charge in [0, 0.05) is 32.7 Å². The number of rotatable bonds is 15. The van der Waals surface area contributed by atoms with Crippen molar-refractivity contribution >= 4 is 21.6 Å². The van der Waals surface area contributed by atoms with Gasteiger partial charge in [-0.3, -0.25) is 9.52 Å². The molecule has 1 aromatic carbocycles. The minimum Gasteiger partial charge on any atom is -0.492 e. The molecule has 0 unspecified atom stereocenters. The van der Waals surface area contributed by atoms with Gasteiger partial charge in [-0.1, -0.05) is 24.6 Å². The van der Waals surface area contributed by atoms with Crippen LogP contribution in [0.5, 0.6) is 5.75 Å². The van der Waals surface area contributed by atoms with E-state index in [9.17, 15) is 13.2 Å². The Hall–Kier alpha value is -2.49. The molecule has 1 N–H and O–H groups in total. The Morgan fingerprint density at radius 2 is 1.65 bits per heavy atom. The van der Waals surface area contributed by atoms with E-state index in [-0.39, 0.29) is 23.1 Å². The molecule has 2 aromatic rings. The monoisotopic (exact) mass is 450 g/mol. The van der Waals surface area contributed by atoms with E-state index in [2.05, 4.69) is 9.71 Å². The Balaban J connectivity index is 1.61. The largest absolute Gasteiger partial charge is 0.492 e. The van der Waals surface area contributed by atoms with Crippen LogP contribution in [-0.4, -0.2) is 52.2 Å². The molecule has 0 fully saturated rings. The molecule has 0 aliphatic carbocycles. The van der Waals surface area contributed by atoms with Crippen LogP contribution in [-0.2, 0) is 24.3 Å². The lowest BCUT2D eigenvalue weighted by Crippen LogP contribution is -2.13. The number of nitrogens with one attached hydrogen (secondary N) is 1. The standard InChI is InChI=1S/C22H30N2O6S/c1-3-19(25)17-29-14-4-12-28-13-5-15-30-20-8-11-22(23-16-20)24-31(26,27)21-9-6-18(2)7-10-21/h6-11,16H,3-5,12-15,17H2,1-2H3,(H,23,24). The Labute approximate surface area is 184 Å². The summed E-state index contributed by atoms with van der Waals surface area (Å²) in [5.41, 5.74) is 0.984. The fraction of sp³-hybridized carbons (Fsp3) is 0.455. The summed E-state index contributed by atoms with van der Waals surface area (Å²) in [6.45, 7) is 5.96. The second kappa shape index (κ2) is 13.0. The second-order valence-corrected chi connectivity index (χ2v) is 8.59. The number of Topliss-reactive ketones (excluding diaryl/α,β-unsaturated/α-hetero) is 1. The van der Waals surface area contributed by atoms with Crippen molar-refractivity contribution in [3.05, 3.63) is 48.2 Å². The van der Waals surface area contributed by atoms with Crippen molar-refractivity contribution in [2.24, 2.45) is 0 Å². The zero-order valence-corrected chi connectivity index (χ0v) is 18.8. The van der Waals surface area contributed by atoms with E-state index in [0.717, 1.165) is 12.0 Å². The Morgan fingerprint density at radius 3 is 2.29 bits per heavy atom. The summed E-state index contributed by atoms with van der Waals surface area (Å²) in [5.74, 6) is 0.871. The minimum absolute atomic E-state index is 0.101. The number of hydrogen-bond donors (Lipinski definition) is 1. The first-order valence-electron chi connectivity index (χ1n) is 10.3. The van der Waals surface area contributed by atoms with Crippen LogP contribution in [0.15, 0.2) is 47.5 Å². The summed E-state index contributed by atoms with van der Waals surface area (Å²) in [6.07, 6.45) is 3.42. The number of ether oxygens (including phenoxy) is 3. The first-order valence-corrected chi connectivity index (χ1v) is 11.7. The van der Waals surface area contributed by atoms with E-state index in [1.54, 1.807) is 36.4 Å². The van der Waals surface area contributed by atoms with Crippen molar-refractivity contribution in [2.45, 2.75) is 38.0 Å². The summed E-state index contributed by atoms with van der Waals surface area (Å²) in [6, 6.07) is 9.81. The Bertz CT molecular complexity index is 899. The number of aryl methyl sites for hydroxylation is 1. The topological polar surface area (TPSA) is 104 Å². The highest BCUT2D eigenvalue weighted by atomic mass is 32.2. The number of nitrogens with zero attached hydrogens (tertiary/aromatic N) is 1. The quantitative estimate of drug-likeness (QED) is 0.415. The lowest BCUT2D eigenvalue weighted by molar-refractivity contribution is -0.123. The van der Waals surface area contributed by atoms with Crippen LogP contribution in [0.4, 0.5) is 5.82 Å². The van der Waals surface area contributed by atoms with Crippen molar-refractivity contribution < 1.29 is 27.4 Å². The fourth-order valence-electron chi connectivity index (χ4n) is 2.44. The molecule has 0 atom stereocenters. The molecule has 0 amide bonds. The molecule has 2 rings (SSSR count). The Morgan fingerprint density at radius 1 is 0.968 bits per heavy atom. The molecule has 0 saturated heterocycles. The van der Waals surface area contributed by atoms with Crippen LogP contribution in [0.3, 0.4) is 0 Å². The maximum Gasteiger partial charge on any atom is 0.263 e. The van der Waals surface area contributed by atoms with Gasteiger partial charge in [0.2, 0.25) is 0 Å². The van der Waals surface area contributed by atoms with Gasteiger partial charge in [0.1, 0.15) is 18.2 Å². The number of ketones is 1. The van der Waals surface area contributed by atoms with Crippen LogP contribution < -0.4 is 9.46 Å². The molecule has 9 heteroatoms. The molecule has 0 radical (unpaired) electrons. The molecule has 170 valence electrons. The third kappa shape index (κ3) is 9.46. The SMILES string of the molecule is CCC(=O)COCCCOCCCOc1ccc(NS(=O)(=O)c2ccc(C)cc2)nc1. The summed E-state index contributed by atoms with van der Waals surface area (Å²) in [7, 11) is -3.68. The van der Waals surface area contributed by atoms with Gasteiger partial charge in [-0.15, -0.1) is 0 Å². The van der Waals surface area contributed by atoms with Gasteiger partial charge >= 0.3 is 0 Å². The summed E-state index contributed by atoms with van der Waals surface area (Å²) in [4.78, 5) is 15.4. The first kappa shape index (κ1) is 24.8. The molecule has 1 heterocycles. The number of hydrogen-bond acceptors (Lipinski definition) is 7. The summed E-state index contributed by atoms with van der Waals surface area (Å²) < 4.78 is 43.5. The smallest absolute Gasteiger partial charge is 0.263 e. The first-order chi connectivity index (χ1) is 14.9. The van der Waals surface area contributed by atoms with Crippen molar-refractivity contribution in [1.82, 2.24) is 4.98 Å². The number of anilines is 1. The van der Waals surface area contributed by atoms with Gasteiger partial charge < -0.3 is 14.2 Å². The van der Waals surface area contributed by atoms with Crippen molar-refractivity contribution in [3.8, 4) is 5.75 Å². The molecule has 0 spiro atoms. The number of carbonyl (C=O) groups excluding carboxylic acids is 1.